The molecule has 1 N–H and O–H groups in total. The Labute approximate surface area is 97.1 Å². The Morgan fingerprint density at radius 3 is 2.62 bits per heavy atom. The van der Waals surface area contributed by atoms with Crippen molar-refractivity contribution in [2.24, 2.45) is 0 Å². The van der Waals surface area contributed by atoms with Gasteiger partial charge < -0.3 is 14.8 Å². The third-order valence-electron chi connectivity index (χ3n) is 2.57. The van der Waals surface area contributed by atoms with Crippen molar-refractivity contribution in [2.45, 2.75) is 12.5 Å². The van der Waals surface area contributed by atoms with Crippen molar-refractivity contribution in [1.82, 2.24) is 5.32 Å². The van der Waals surface area contributed by atoms with E-state index < -0.39 is 0 Å². The van der Waals surface area contributed by atoms with E-state index >= 15 is 0 Å². The fraction of sp³-hybridized carbons (Fsp3) is 0.385. The molecular weight excluding hydrogens is 202 g/mol. The molecule has 0 amide bonds. The van der Waals surface area contributed by atoms with Crippen LogP contribution in [0, 0.1) is 0 Å². The summed E-state index contributed by atoms with van der Waals surface area (Å²) >= 11 is 0. The van der Waals surface area contributed by atoms with Gasteiger partial charge in [-0.3, -0.25) is 0 Å². The zero-order chi connectivity index (χ0) is 12.0. The summed E-state index contributed by atoms with van der Waals surface area (Å²) < 4.78 is 10.5. The number of hydrogen-bond acceptors (Lipinski definition) is 3. The Bertz CT molecular complexity index is 350. The molecule has 0 fully saturated rings. The van der Waals surface area contributed by atoms with Gasteiger partial charge in [0.1, 0.15) is 11.5 Å². The summed E-state index contributed by atoms with van der Waals surface area (Å²) in [5.74, 6) is 1.63. The summed E-state index contributed by atoms with van der Waals surface area (Å²) in [4.78, 5) is 0. The molecule has 88 valence electrons. The van der Waals surface area contributed by atoms with Crippen LogP contribution in [0.4, 0.5) is 0 Å². The molecule has 0 bridgehead atoms. The highest BCUT2D eigenvalue weighted by Crippen LogP contribution is 2.30. The predicted molar refractivity (Wildman–Crippen MR) is 66.2 cm³/mol. The highest BCUT2D eigenvalue weighted by Gasteiger charge is 2.13. The summed E-state index contributed by atoms with van der Waals surface area (Å²) in [6, 6.07) is 6.06. The lowest BCUT2D eigenvalue weighted by Crippen LogP contribution is -2.16. The summed E-state index contributed by atoms with van der Waals surface area (Å²) in [6.07, 6.45) is 2.75. The van der Waals surface area contributed by atoms with Crippen LogP contribution < -0.4 is 14.8 Å². The molecule has 0 aliphatic heterocycles. The van der Waals surface area contributed by atoms with Gasteiger partial charge in [-0.05, 0) is 19.5 Å². The van der Waals surface area contributed by atoms with Crippen molar-refractivity contribution in [1.29, 1.82) is 0 Å². The lowest BCUT2D eigenvalue weighted by atomic mass is 10.0. The molecule has 1 atom stereocenters. The molecule has 0 saturated heterocycles. The fourth-order valence-electron chi connectivity index (χ4n) is 1.67. The Balaban J connectivity index is 3.05. The highest BCUT2D eigenvalue weighted by atomic mass is 16.5. The maximum atomic E-state index is 5.36. The molecule has 1 aromatic rings. The minimum absolute atomic E-state index is 0.221. The average Bonchev–Trinajstić information content (AvgIpc) is 2.35. The number of hydrogen-bond donors (Lipinski definition) is 1. The second-order valence-electron chi connectivity index (χ2n) is 3.47. The standard InChI is InChI=1S/C13H19NO2/c1-5-6-12(14-2)11-8-7-10(15-3)9-13(11)16-4/h5,7-9,12,14H,1,6H2,2-4H3. The molecule has 3 heteroatoms. The number of nitrogens with one attached hydrogen (secondary N) is 1. The Kier molecular flexibility index (Phi) is 4.86. The first kappa shape index (κ1) is 12.6. The van der Waals surface area contributed by atoms with Gasteiger partial charge in [-0.25, -0.2) is 0 Å². The maximum Gasteiger partial charge on any atom is 0.127 e. The average molecular weight is 221 g/mol. The van der Waals surface area contributed by atoms with Crippen LogP contribution in [0.1, 0.15) is 18.0 Å². The SMILES string of the molecule is C=CCC(NC)c1ccc(OC)cc1OC. The van der Waals surface area contributed by atoms with E-state index in [9.17, 15) is 0 Å². The van der Waals surface area contributed by atoms with E-state index in [1.54, 1.807) is 14.2 Å². The molecule has 1 unspecified atom stereocenters. The van der Waals surface area contributed by atoms with Crippen molar-refractivity contribution < 1.29 is 9.47 Å². The van der Waals surface area contributed by atoms with E-state index in [1.165, 1.54) is 0 Å². The van der Waals surface area contributed by atoms with Gasteiger partial charge >= 0.3 is 0 Å². The van der Waals surface area contributed by atoms with Crippen molar-refractivity contribution in [3.63, 3.8) is 0 Å². The zero-order valence-corrected chi connectivity index (χ0v) is 10.1. The molecular formula is C13H19NO2. The summed E-state index contributed by atoms with van der Waals surface area (Å²) in [7, 11) is 5.24. The van der Waals surface area contributed by atoms with Crippen LogP contribution in [-0.4, -0.2) is 21.3 Å². The van der Waals surface area contributed by atoms with Gasteiger partial charge in [0.2, 0.25) is 0 Å². The van der Waals surface area contributed by atoms with Crippen LogP contribution in [-0.2, 0) is 0 Å². The smallest absolute Gasteiger partial charge is 0.127 e. The first-order valence-electron chi connectivity index (χ1n) is 5.26. The topological polar surface area (TPSA) is 30.5 Å². The normalized spacial score (nSPS) is 11.9. The van der Waals surface area contributed by atoms with Gasteiger partial charge in [-0.1, -0.05) is 12.1 Å². The molecule has 0 radical (unpaired) electrons. The fourth-order valence-corrected chi connectivity index (χ4v) is 1.67. The highest BCUT2D eigenvalue weighted by molar-refractivity contribution is 5.42. The minimum Gasteiger partial charge on any atom is -0.497 e. The van der Waals surface area contributed by atoms with Gasteiger partial charge in [0, 0.05) is 17.7 Å². The van der Waals surface area contributed by atoms with E-state index in [1.807, 2.05) is 31.3 Å². The molecule has 0 aliphatic rings. The van der Waals surface area contributed by atoms with Gasteiger partial charge in [0.05, 0.1) is 14.2 Å². The third kappa shape index (κ3) is 2.76. The van der Waals surface area contributed by atoms with E-state index in [2.05, 4.69) is 11.9 Å². The second-order valence-corrected chi connectivity index (χ2v) is 3.47. The van der Waals surface area contributed by atoms with Crippen molar-refractivity contribution in [2.75, 3.05) is 21.3 Å². The van der Waals surface area contributed by atoms with E-state index in [0.717, 1.165) is 23.5 Å². The Hall–Kier alpha value is -1.48. The molecule has 0 spiro atoms. The number of ether oxygens (including phenoxy) is 2. The maximum absolute atomic E-state index is 5.36. The quantitative estimate of drug-likeness (QED) is 0.749. The van der Waals surface area contributed by atoms with Crippen molar-refractivity contribution in [3.05, 3.63) is 36.4 Å². The predicted octanol–water partition coefficient (Wildman–Crippen LogP) is 2.54. The molecule has 0 aromatic heterocycles. The summed E-state index contributed by atoms with van der Waals surface area (Å²) in [6.45, 7) is 3.76. The van der Waals surface area contributed by atoms with Crippen LogP contribution in [0.15, 0.2) is 30.9 Å². The second kappa shape index (κ2) is 6.18. The van der Waals surface area contributed by atoms with Crippen molar-refractivity contribution >= 4 is 0 Å². The van der Waals surface area contributed by atoms with E-state index in [0.29, 0.717) is 0 Å². The molecule has 0 saturated carbocycles. The largest absolute Gasteiger partial charge is 0.497 e. The number of methoxy groups -OCH3 is 2. The van der Waals surface area contributed by atoms with Crippen molar-refractivity contribution in [3.8, 4) is 11.5 Å². The van der Waals surface area contributed by atoms with Gasteiger partial charge in [0.25, 0.3) is 0 Å². The molecule has 0 aliphatic carbocycles. The minimum atomic E-state index is 0.221. The lowest BCUT2D eigenvalue weighted by Gasteiger charge is -2.18. The van der Waals surface area contributed by atoms with E-state index in [-0.39, 0.29) is 6.04 Å². The Morgan fingerprint density at radius 2 is 2.12 bits per heavy atom. The molecule has 0 heterocycles. The molecule has 3 nitrogen and oxygen atoms in total. The van der Waals surface area contributed by atoms with Gasteiger partial charge in [-0.15, -0.1) is 6.58 Å². The molecule has 1 aromatic carbocycles. The van der Waals surface area contributed by atoms with Gasteiger partial charge in [-0.2, -0.15) is 0 Å². The summed E-state index contributed by atoms with van der Waals surface area (Å²) in [5, 5.41) is 3.24. The zero-order valence-electron chi connectivity index (χ0n) is 10.1. The first-order chi connectivity index (χ1) is 7.76. The lowest BCUT2D eigenvalue weighted by molar-refractivity contribution is 0.386. The van der Waals surface area contributed by atoms with E-state index in [4.69, 9.17) is 9.47 Å². The van der Waals surface area contributed by atoms with Crippen LogP contribution in [0.3, 0.4) is 0 Å². The van der Waals surface area contributed by atoms with Crippen LogP contribution in [0.2, 0.25) is 0 Å². The number of rotatable bonds is 6. The Morgan fingerprint density at radius 1 is 1.38 bits per heavy atom. The van der Waals surface area contributed by atoms with Crippen LogP contribution >= 0.6 is 0 Å². The third-order valence-corrected chi connectivity index (χ3v) is 2.57. The monoisotopic (exact) mass is 221 g/mol. The summed E-state index contributed by atoms with van der Waals surface area (Å²) in [5.41, 5.74) is 1.12. The van der Waals surface area contributed by atoms with Crippen LogP contribution in [0.25, 0.3) is 0 Å². The molecule has 16 heavy (non-hydrogen) atoms. The number of benzene rings is 1. The van der Waals surface area contributed by atoms with Gasteiger partial charge in [0.15, 0.2) is 0 Å². The van der Waals surface area contributed by atoms with Crippen LogP contribution in [0.5, 0.6) is 11.5 Å². The first-order valence-corrected chi connectivity index (χ1v) is 5.26. The molecule has 1 rings (SSSR count).